The third-order valence-corrected chi connectivity index (χ3v) is 6.40. The first kappa shape index (κ1) is 31.9. The summed E-state index contributed by atoms with van der Waals surface area (Å²) in [6.07, 6.45) is 38.7. The largest absolute Gasteiger partial charge is 0.481 e. The summed E-state index contributed by atoms with van der Waals surface area (Å²) in [5.41, 5.74) is 0. The second kappa shape index (κ2) is 28.9. The van der Waals surface area contributed by atoms with Gasteiger partial charge in [-0.05, 0) is 44.9 Å². The van der Waals surface area contributed by atoms with Crippen molar-refractivity contribution in [2.75, 3.05) is 6.61 Å². The van der Waals surface area contributed by atoms with Crippen LogP contribution in [0.1, 0.15) is 154 Å². The SMILES string of the molecule is O=C(O)CCCCCCCCCCCCC/C=C/C/C=C/CCCCCCCCCCCO. The van der Waals surface area contributed by atoms with Gasteiger partial charge in [-0.15, -0.1) is 0 Å². The molecule has 0 aromatic heterocycles. The Morgan fingerprint density at radius 3 is 1.15 bits per heavy atom. The van der Waals surface area contributed by atoms with Crippen LogP contribution in [0.3, 0.4) is 0 Å². The average Bonchev–Trinajstić information content (AvgIpc) is 2.80. The lowest BCUT2D eigenvalue weighted by Crippen LogP contribution is -1.93. The number of carboxylic acid groups (broad SMARTS) is 1. The van der Waals surface area contributed by atoms with Gasteiger partial charge in [0, 0.05) is 13.0 Å². The van der Waals surface area contributed by atoms with Crippen LogP contribution >= 0.6 is 0 Å². The van der Waals surface area contributed by atoms with Crippen LogP contribution in [0.5, 0.6) is 0 Å². The summed E-state index contributed by atoms with van der Waals surface area (Å²) in [4.78, 5) is 10.4. The van der Waals surface area contributed by atoms with Crippen LogP contribution in [0.15, 0.2) is 24.3 Å². The second-order valence-electron chi connectivity index (χ2n) is 9.69. The number of hydrogen-bond donors (Lipinski definition) is 2. The number of hydrogen-bond acceptors (Lipinski definition) is 2. The van der Waals surface area contributed by atoms with Gasteiger partial charge in [-0.3, -0.25) is 4.79 Å². The summed E-state index contributed by atoms with van der Waals surface area (Å²) >= 11 is 0. The summed E-state index contributed by atoms with van der Waals surface area (Å²) in [5.74, 6) is -0.660. The molecule has 33 heavy (non-hydrogen) atoms. The Morgan fingerprint density at radius 1 is 0.455 bits per heavy atom. The molecule has 0 aliphatic rings. The third kappa shape index (κ3) is 30.9. The Labute approximate surface area is 206 Å². The first-order valence-electron chi connectivity index (χ1n) is 14.4. The van der Waals surface area contributed by atoms with E-state index in [0.29, 0.717) is 13.0 Å². The fourth-order valence-electron chi connectivity index (χ4n) is 4.25. The number of unbranched alkanes of at least 4 members (excludes halogenated alkanes) is 20. The fourth-order valence-corrected chi connectivity index (χ4v) is 4.25. The van der Waals surface area contributed by atoms with Crippen LogP contribution in [0, 0.1) is 0 Å². The Balaban J connectivity index is 3.16. The van der Waals surface area contributed by atoms with E-state index in [1.165, 1.54) is 122 Å². The molecule has 2 N–H and O–H groups in total. The Kier molecular flexibility index (Phi) is 28.0. The molecule has 3 heteroatoms. The highest BCUT2D eigenvalue weighted by molar-refractivity contribution is 5.66. The molecule has 194 valence electrons. The molecular formula is C30H56O3. The van der Waals surface area contributed by atoms with Crippen molar-refractivity contribution in [3.8, 4) is 0 Å². The average molecular weight is 465 g/mol. The highest BCUT2D eigenvalue weighted by Crippen LogP contribution is 2.13. The first-order chi connectivity index (χ1) is 16.3. The van der Waals surface area contributed by atoms with Crippen LogP contribution in [-0.4, -0.2) is 22.8 Å². The molecule has 0 bridgehead atoms. The van der Waals surface area contributed by atoms with Gasteiger partial charge in [0.25, 0.3) is 0 Å². The van der Waals surface area contributed by atoms with E-state index in [4.69, 9.17) is 10.2 Å². The lowest BCUT2D eigenvalue weighted by Gasteiger charge is -2.02. The van der Waals surface area contributed by atoms with E-state index in [1.807, 2.05) is 0 Å². The summed E-state index contributed by atoms with van der Waals surface area (Å²) < 4.78 is 0. The highest BCUT2D eigenvalue weighted by atomic mass is 16.4. The number of carbonyl (C=O) groups is 1. The summed E-state index contributed by atoms with van der Waals surface area (Å²) in [6.45, 7) is 0.354. The third-order valence-electron chi connectivity index (χ3n) is 6.40. The van der Waals surface area contributed by atoms with E-state index < -0.39 is 5.97 Å². The molecule has 0 saturated heterocycles. The molecule has 0 amide bonds. The molecule has 0 aromatic rings. The molecule has 3 nitrogen and oxygen atoms in total. The van der Waals surface area contributed by atoms with Crippen LogP contribution in [-0.2, 0) is 4.79 Å². The Morgan fingerprint density at radius 2 is 0.788 bits per heavy atom. The quantitative estimate of drug-likeness (QED) is 0.0939. The van der Waals surface area contributed by atoms with E-state index in [2.05, 4.69) is 24.3 Å². The summed E-state index contributed by atoms with van der Waals surface area (Å²) in [6, 6.07) is 0. The van der Waals surface area contributed by atoms with E-state index in [9.17, 15) is 4.79 Å². The number of carboxylic acids is 1. The fraction of sp³-hybridized carbons (Fsp3) is 0.833. The Hall–Kier alpha value is -1.09. The maximum Gasteiger partial charge on any atom is 0.303 e. The minimum absolute atomic E-state index is 0.334. The van der Waals surface area contributed by atoms with Gasteiger partial charge in [-0.25, -0.2) is 0 Å². The monoisotopic (exact) mass is 464 g/mol. The molecule has 0 radical (unpaired) electrons. The van der Waals surface area contributed by atoms with Crippen molar-refractivity contribution in [1.29, 1.82) is 0 Å². The second-order valence-corrected chi connectivity index (χ2v) is 9.69. The van der Waals surface area contributed by atoms with Gasteiger partial charge in [0.15, 0.2) is 0 Å². The van der Waals surface area contributed by atoms with E-state index in [0.717, 1.165) is 25.7 Å². The number of allylic oxidation sites excluding steroid dienone is 4. The summed E-state index contributed by atoms with van der Waals surface area (Å²) in [7, 11) is 0. The molecule has 0 aromatic carbocycles. The molecule has 0 heterocycles. The predicted molar refractivity (Wildman–Crippen MR) is 144 cm³/mol. The zero-order chi connectivity index (χ0) is 24.1. The number of aliphatic carboxylic acids is 1. The Bertz CT molecular complexity index is 442. The normalized spacial score (nSPS) is 11.8. The van der Waals surface area contributed by atoms with Crippen molar-refractivity contribution in [1.82, 2.24) is 0 Å². The lowest BCUT2D eigenvalue weighted by atomic mass is 10.0. The maximum atomic E-state index is 10.4. The predicted octanol–water partition coefficient (Wildman–Crippen LogP) is 9.54. The highest BCUT2D eigenvalue weighted by Gasteiger charge is 1.97. The molecule has 0 saturated carbocycles. The molecule has 0 unspecified atom stereocenters. The molecule has 0 atom stereocenters. The lowest BCUT2D eigenvalue weighted by molar-refractivity contribution is -0.137. The van der Waals surface area contributed by atoms with Gasteiger partial charge in [0.2, 0.25) is 0 Å². The van der Waals surface area contributed by atoms with Gasteiger partial charge >= 0.3 is 5.97 Å². The maximum absolute atomic E-state index is 10.4. The van der Waals surface area contributed by atoms with Crippen LogP contribution < -0.4 is 0 Å². The van der Waals surface area contributed by atoms with Crippen molar-refractivity contribution < 1.29 is 15.0 Å². The molecule has 0 aliphatic carbocycles. The molecule has 0 rings (SSSR count). The van der Waals surface area contributed by atoms with Gasteiger partial charge in [-0.1, -0.05) is 127 Å². The van der Waals surface area contributed by atoms with Crippen molar-refractivity contribution >= 4 is 5.97 Å². The standard InChI is InChI=1S/C30H56O3/c31-29-27-25-23-21-19-17-15-13-11-9-7-5-3-1-2-4-6-8-10-12-14-16-18-20-22-24-26-28-30(32)33/h1-2,5,7,31H,3-4,6,8-29H2,(H,32,33)/b2-1+,7-5+. The number of aliphatic hydroxyl groups is 1. The van der Waals surface area contributed by atoms with Crippen LogP contribution in [0.25, 0.3) is 0 Å². The van der Waals surface area contributed by atoms with Gasteiger partial charge in [-0.2, -0.15) is 0 Å². The van der Waals surface area contributed by atoms with Gasteiger partial charge in [0.05, 0.1) is 0 Å². The van der Waals surface area contributed by atoms with Gasteiger partial charge in [0.1, 0.15) is 0 Å². The zero-order valence-corrected chi connectivity index (χ0v) is 21.8. The minimum atomic E-state index is -0.660. The van der Waals surface area contributed by atoms with Gasteiger partial charge < -0.3 is 10.2 Å². The van der Waals surface area contributed by atoms with Crippen LogP contribution in [0.2, 0.25) is 0 Å². The van der Waals surface area contributed by atoms with Crippen molar-refractivity contribution in [3.05, 3.63) is 24.3 Å². The molecule has 0 aliphatic heterocycles. The topological polar surface area (TPSA) is 57.5 Å². The van der Waals surface area contributed by atoms with E-state index in [1.54, 1.807) is 0 Å². The van der Waals surface area contributed by atoms with Crippen molar-refractivity contribution in [2.45, 2.75) is 154 Å². The van der Waals surface area contributed by atoms with Crippen molar-refractivity contribution in [3.63, 3.8) is 0 Å². The zero-order valence-electron chi connectivity index (χ0n) is 21.8. The van der Waals surface area contributed by atoms with Crippen molar-refractivity contribution in [2.24, 2.45) is 0 Å². The summed E-state index contributed by atoms with van der Waals surface area (Å²) in [5, 5.41) is 17.3. The molecule has 0 fully saturated rings. The van der Waals surface area contributed by atoms with E-state index >= 15 is 0 Å². The number of aliphatic hydroxyl groups excluding tert-OH is 1. The first-order valence-corrected chi connectivity index (χ1v) is 14.4. The molecule has 0 spiro atoms. The van der Waals surface area contributed by atoms with Crippen LogP contribution in [0.4, 0.5) is 0 Å². The molecular weight excluding hydrogens is 408 g/mol. The van der Waals surface area contributed by atoms with E-state index in [-0.39, 0.29) is 0 Å². The number of rotatable bonds is 27. The minimum Gasteiger partial charge on any atom is -0.481 e. The smallest absolute Gasteiger partial charge is 0.303 e.